The lowest BCUT2D eigenvalue weighted by atomic mass is 10.2. The van der Waals surface area contributed by atoms with Crippen LogP contribution in [0.2, 0.25) is 5.02 Å². The molecule has 0 N–H and O–H groups in total. The quantitative estimate of drug-likeness (QED) is 0.397. The molecule has 0 bridgehead atoms. The highest BCUT2D eigenvalue weighted by Crippen LogP contribution is 2.35. The lowest BCUT2D eigenvalue weighted by Gasteiger charge is -2.12. The van der Waals surface area contributed by atoms with E-state index in [1.165, 1.54) is 22.1 Å². The maximum atomic E-state index is 13.6. The molecular formula is C23H14ClN5O2S. The van der Waals surface area contributed by atoms with Gasteiger partial charge in [0.25, 0.3) is 5.56 Å². The number of fused-ring (bicyclic) bond motifs is 2. The summed E-state index contributed by atoms with van der Waals surface area (Å²) >= 11 is 7.63. The van der Waals surface area contributed by atoms with Crippen molar-refractivity contribution >= 4 is 44.1 Å². The van der Waals surface area contributed by atoms with Crippen molar-refractivity contribution in [3.05, 3.63) is 86.9 Å². The van der Waals surface area contributed by atoms with Crippen LogP contribution in [0.5, 0.6) is 0 Å². The van der Waals surface area contributed by atoms with E-state index in [4.69, 9.17) is 16.9 Å². The molecule has 7 nitrogen and oxygen atoms in total. The number of nitriles is 1. The molecule has 0 aliphatic heterocycles. The fourth-order valence-electron chi connectivity index (χ4n) is 3.68. The second kappa shape index (κ2) is 8.04. The van der Waals surface area contributed by atoms with Gasteiger partial charge in [-0.2, -0.15) is 5.26 Å². The van der Waals surface area contributed by atoms with Crippen molar-refractivity contribution in [3.63, 3.8) is 0 Å². The molecule has 0 aliphatic carbocycles. The molecule has 0 radical (unpaired) electrons. The Balaban J connectivity index is 1.87. The minimum atomic E-state index is -0.541. The largest absolute Gasteiger partial charge is 0.336 e. The summed E-state index contributed by atoms with van der Waals surface area (Å²) < 4.78 is 2.94. The molecule has 4 aromatic heterocycles. The van der Waals surface area contributed by atoms with E-state index in [1.807, 2.05) is 24.3 Å². The molecule has 0 saturated heterocycles. The summed E-state index contributed by atoms with van der Waals surface area (Å²) in [6.07, 6.45) is 4.81. The number of aromatic nitrogens is 4. The Labute approximate surface area is 190 Å². The molecule has 0 amide bonds. The average Bonchev–Trinajstić information content (AvgIpc) is 3.25. The van der Waals surface area contributed by atoms with Gasteiger partial charge in [-0.05, 0) is 24.3 Å². The Bertz CT molecular complexity index is 1660. The predicted octanol–water partition coefficient (Wildman–Crippen LogP) is 4.39. The number of rotatable bonds is 4. The molecule has 1 aromatic carbocycles. The van der Waals surface area contributed by atoms with Crippen LogP contribution in [0, 0.1) is 11.3 Å². The number of hydrogen-bond acceptors (Lipinski definition) is 6. The van der Waals surface area contributed by atoms with Crippen molar-refractivity contribution in [2.24, 2.45) is 0 Å². The van der Waals surface area contributed by atoms with Gasteiger partial charge in [-0.15, -0.1) is 11.3 Å². The highest BCUT2D eigenvalue weighted by atomic mass is 35.5. The first-order valence-electron chi connectivity index (χ1n) is 9.70. The number of thiophene rings is 1. The van der Waals surface area contributed by atoms with Crippen molar-refractivity contribution in [2.45, 2.75) is 13.0 Å². The molecule has 0 atom stereocenters. The van der Waals surface area contributed by atoms with Crippen LogP contribution in [-0.4, -0.2) is 19.1 Å². The fourth-order valence-corrected chi connectivity index (χ4v) is 5.10. The van der Waals surface area contributed by atoms with E-state index in [-0.39, 0.29) is 13.0 Å². The smallest absolute Gasteiger partial charge is 0.291 e. The van der Waals surface area contributed by atoms with E-state index in [0.29, 0.717) is 31.8 Å². The molecular weight excluding hydrogens is 446 g/mol. The molecule has 9 heteroatoms. The second-order valence-electron chi connectivity index (χ2n) is 7.02. The van der Waals surface area contributed by atoms with Gasteiger partial charge in [0.1, 0.15) is 4.70 Å². The number of halogens is 1. The Morgan fingerprint density at radius 2 is 1.97 bits per heavy atom. The molecule has 0 aliphatic rings. The maximum Gasteiger partial charge on any atom is 0.336 e. The van der Waals surface area contributed by atoms with Gasteiger partial charge >= 0.3 is 5.69 Å². The molecule has 0 saturated carbocycles. The summed E-state index contributed by atoms with van der Waals surface area (Å²) in [6, 6.07) is 14.8. The van der Waals surface area contributed by atoms with Crippen LogP contribution in [0.3, 0.4) is 0 Å². The molecule has 0 spiro atoms. The predicted molar refractivity (Wildman–Crippen MR) is 125 cm³/mol. The van der Waals surface area contributed by atoms with Crippen molar-refractivity contribution < 1.29 is 0 Å². The second-order valence-corrected chi connectivity index (χ2v) is 8.48. The van der Waals surface area contributed by atoms with E-state index in [0.717, 1.165) is 15.0 Å². The van der Waals surface area contributed by atoms with Gasteiger partial charge < -0.3 is 0 Å². The van der Waals surface area contributed by atoms with Crippen molar-refractivity contribution in [1.82, 2.24) is 19.1 Å². The molecule has 156 valence electrons. The third-order valence-corrected chi connectivity index (χ3v) is 6.62. The number of pyridine rings is 2. The minimum absolute atomic E-state index is 0.122. The average molecular weight is 460 g/mol. The zero-order chi connectivity index (χ0) is 22.2. The number of benzene rings is 1. The maximum absolute atomic E-state index is 13.6. The summed E-state index contributed by atoms with van der Waals surface area (Å²) in [6.45, 7) is 0.149. The lowest BCUT2D eigenvalue weighted by Crippen LogP contribution is -2.38. The SMILES string of the molecule is N#CCCn1c(=O)n(-c2cncc3cccnc23)c(=O)c2sc(-c3ccccc3Cl)cc21. The number of nitrogens with zero attached hydrogens (tertiary/aromatic N) is 5. The third-order valence-electron chi connectivity index (χ3n) is 5.14. The van der Waals surface area contributed by atoms with E-state index in [2.05, 4.69) is 16.0 Å². The standard InChI is InChI=1S/C23H14ClN5O2S/c24-16-7-2-1-6-15(16)19-11-17-21(32-19)22(30)29(23(31)28(17)10-4-8-25)18-13-26-12-14-5-3-9-27-20(14)18/h1-3,5-7,9,11-13H,4,10H2. The van der Waals surface area contributed by atoms with Crippen LogP contribution < -0.4 is 11.2 Å². The van der Waals surface area contributed by atoms with Crippen LogP contribution in [0.4, 0.5) is 0 Å². The molecule has 32 heavy (non-hydrogen) atoms. The van der Waals surface area contributed by atoms with Gasteiger partial charge in [-0.25, -0.2) is 9.36 Å². The molecule has 5 aromatic rings. The highest BCUT2D eigenvalue weighted by Gasteiger charge is 2.20. The summed E-state index contributed by atoms with van der Waals surface area (Å²) in [4.78, 5) is 36.4. The molecule has 0 fully saturated rings. The first-order chi connectivity index (χ1) is 15.6. The Morgan fingerprint density at radius 1 is 1.12 bits per heavy atom. The van der Waals surface area contributed by atoms with Gasteiger partial charge in [-0.3, -0.25) is 19.3 Å². The van der Waals surface area contributed by atoms with Gasteiger partial charge in [-0.1, -0.05) is 29.8 Å². The monoisotopic (exact) mass is 459 g/mol. The zero-order valence-electron chi connectivity index (χ0n) is 16.5. The van der Waals surface area contributed by atoms with Crippen molar-refractivity contribution in [2.75, 3.05) is 0 Å². The Hall–Kier alpha value is -3.80. The fraction of sp³-hybridized carbons (Fsp3) is 0.0870. The van der Waals surface area contributed by atoms with Gasteiger partial charge in [0, 0.05) is 39.8 Å². The zero-order valence-corrected chi connectivity index (χ0v) is 18.1. The van der Waals surface area contributed by atoms with Crippen LogP contribution in [0.1, 0.15) is 6.42 Å². The lowest BCUT2D eigenvalue weighted by molar-refractivity contribution is 0.663. The van der Waals surface area contributed by atoms with Gasteiger partial charge in [0.15, 0.2) is 0 Å². The van der Waals surface area contributed by atoms with Crippen LogP contribution in [-0.2, 0) is 6.54 Å². The van der Waals surface area contributed by atoms with Gasteiger partial charge in [0.2, 0.25) is 0 Å². The summed E-state index contributed by atoms with van der Waals surface area (Å²) in [5.74, 6) is 0. The van der Waals surface area contributed by atoms with Crippen LogP contribution in [0.25, 0.3) is 37.2 Å². The Morgan fingerprint density at radius 3 is 2.78 bits per heavy atom. The topological polar surface area (TPSA) is 93.6 Å². The summed E-state index contributed by atoms with van der Waals surface area (Å²) in [5, 5.41) is 10.4. The van der Waals surface area contributed by atoms with Crippen LogP contribution in [0.15, 0.2) is 70.6 Å². The van der Waals surface area contributed by atoms with E-state index >= 15 is 0 Å². The number of aryl methyl sites for hydroxylation is 1. The summed E-state index contributed by atoms with van der Waals surface area (Å²) in [7, 11) is 0. The Kier molecular flexibility index (Phi) is 5.05. The van der Waals surface area contributed by atoms with Crippen molar-refractivity contribution in [1.29, 1.82) is 5.26 Å². The third kappa shape index (κ3) is 3.19. The number of hydrogen-bond donors (Lipinski definition) is 0. The summed E-state index contributed by atoms with van der Waals surface area (Å²) in [5.41, 5.74) is 1.05. The first-order valence-corrected chi connectivity index (χ1v) is 10.9. The molecule has 4 heterocycles. The van der Waals surface area contributed by atoms with Gasteiger partial charge in [0.05, 0.1) is 35.4 Å². The highest BCUT2D eigenvalue weighted by molar-refractivity contribution is 7.22. The normalized spacial score (nSPS) is 11.1. The minimum Gasteiger partial charge on any atom is -0.291 e. The molecule has 5 rings (SSSR count). The molecule has 0 unspecified atom stereocenters. The van der Waals surface area contributed by atoms with E-state index in [1.54, 1.807) is 30.6 Å². The van der Waals surface area contributed by atoms with Crippen molar-refractivity contribution in [3.8, 4) is 22.2 Å². The first kappa shape index (κ1) is 20.1. The van der Waals surface area contributed by atoms with E-state index in [9.17, 15) is 9.59 Å². The van der Waals surface area contributed by atoms with E-state index < -0.39 is 11.2 Å². The van der Waals surface area contributed by atoms with Crippen LogP contribution >= 0.6 is 22.9 Å².